The first-order chi connectivity index (χ1) is 11.8. The number of methoxy groups -OCH3 is 1. The third-order valence-electron chi connectivity index (χ3n) is 4.78. The maximum absolute atomic E-state index is 9.35. The van der Waals surface area contributed by atoms with Gasteiger partial charge in [0.05, 0.1) is 29.9 Å². The van der Waals surface area contributed by atoms with Crippen LogP contribution in [0.15, 0.2) is 47.9 Å². The fraction of sp³-hybridized carbons (Fsp3) is 0.316. The van der Waals surface area contributed by atoms with Gasteiger partial charge in [0.25, 0.3) is 0 Å². The molecule has 2 heterocycles. The first kappa shape index (κ1) is 14.9. The van der Waals surface area contributed by atoms with Gasteiger partial charge < -0.3 is 20.4 Å². The predicted octanol–water partition coefficient (Wildman–Crippen LogP) is 3.02. The Morgan fingerprint density at radius 3 is 2.92 bits per heavy atom. The Bertz CT molecular complexity index is 867. The Kier molecular flexibility index (Phi) is 3.75. The van der Waals surface area contributed by atoms with Crippen molar-refractivity contribution in [3.63, 3.8) is 0 Å². The Morgan fingerprint density at radius 2 is 2.21 bits per heavy atom. The lowest BCUT2D eigenvalue weighted by Crippen LogP contribution is -2.51. The third-order valence-corrected chi connectivity index (χ3v) is 4.78. The molecule has 4 rings (SSSR count). The summed E-state index contributed by atoms with van der Waals surface area (Å²) in [4.78, 5) is 3.33. The van der Waals surface area contributed by atoms with Gasteiger partial charge in [-0.3, -0.25) is 0 Å². The molecule has 0 bridgehead atoms. The highest BCUT2D eigenvalue weighted by atomic mass is 16.5. The van der Waals surface area contributed by atoms with E-state index in [1.807, 2.05) is 18.3 Å². The normalized spacial score (nSPS) is 20.8. The van der Waals surface area contributed by atoms with E-state index in [1.165, 1.54) is 10.9 Å². The molecule has 3 N–H and O–H groups in total. The molecule has 1 unspecified atom stereocenters. The van der Waals surface area contributed by atoms with E-state index in [2.05, 4.69) is 39.9 Å². The highest BCUT2D eigenvalue weighted by molar-refractivity contribution is 5.92. The van der Waals surface area contributed by atoms with Gasteiger partial charge in [0.2, 0.25) is 0 Å². The standard InChI is InChI=1S/C19H20N4O/c1-24-18-3-2-12(6-15(18)9-20)14-7-13-4-5-22-19(13)17(8-14)23-16-10-21-11-16/h3-8,12,16,21-23H,2,10-11H2,1H3. The molecule has 1 saturated heterocycles. The fourth-order valence-corrected chi connectivity index (χ4v) is 3.35. The molecule has 1 aliphatic heterocycles. The molecule has 0 spiro atoms. The van der Waals surface area contributed by atoms with Gasteiger partial charge in [-0.15, -0.1) is 0 Å². The molecular formula is C19H20N4O. The number of anilines is 1. The summed E-state index contributed by atoms with van der Waals surface area (Å²) in [6.07, 6.45) is 6.84. The number of benzene rings is 1. The van der Waals surface area contributed by atoms with Gasteiger partial charge in [0, 0.05) is 30.6 Å². The van der Waals surface area contributed by atoms with Gasteiger partial charge in [-0.25, -0.2) is 0 Å². The van der Waals surface area contributed by atoms with E-state index in [1.54, 1.807) is 7.11 Å². The molecule has 5 nitrogen and oxygen atoms in total. The number of ether oxygens (including phenoxy) is 1. The first-order valence-electron chi connectivity index (χ1n) is 8.23. The lowest BCUT2D eigenvalue weighted by atomic mass is 9.88. The molecule has 1 aliphatic carbocycles. The highest BCUT2D eigenvalue weighted by Crippen LogP contribution is 2.35. The first-order valence-corrected chi connectivity index (χ1v) is 8.23. The van der Waals surface area contributed by atoms with E-state index in [0.29, 0.717) is 17.4 Å². The van der Waals surface area contributed by atoms with Crippen LogP contribution in [0.5, 0.6) is 0 Å². The van der Waals surface area contributed by atoms with Gasteiger partial charge in [0.1, 0.15) is 11.8 Å². The Balaban J connectivity index is 1.70. The fourth-order valence-electron chi connectivity index (χ4n) is 3.35. The van der Waals surface area contributed by atoms with Gasteiger partial charge in [-0.2, -0.15) is 5.26 Å². The van der Waals surface area contributed by atoms with Crippen molar-refractivity contribution in [2.24, 2.45) is 0 Å². The number of allylic oxidation sites excluding steroid dienone is 3. The number of H-pyrrole nitrogens is 1. The van der Waals surface area contributed by atoms with E-state index in [-0.39, 0.29) is 5.92 Å². The van der Waals surface area contributed by atoms with Crippen molar-refractivity contribution in [2.45, 2.75) is 18.4 Å². The summed E-state index contributed by atoms with van der Waals surface area (Å²) in [5.74, 6) is 0.869. The van der Waals surface area contributed by atoms with Gasteiger partial charge >= 0.3 is 0 Å². The molecule has 24 heavy (non-hydrogen) atoms. The average Bonchev–Trinajstić information content (AvgIpc) is 3.05. The Labute approximate surface area is 141 Å². The Hall–Kier alpha value is -2.71. The summed E-state index contributed by atoms with van der Waals surface area (Å²) in [5.41, 5.74) is 4.10. The van der Waals surface area contributed by atoms with Crippen molar-refractivity contribution in [2.75, 3.05) is 25.5 Å². The number of aromatic nitrogens is 1. The minimum atomic E-state index is 0.193. The van der Waals surface area contributed by atoms with Crippen molar-refractivity contribution in [3.05, 3.63) is 53.4 Å². The number of nitriles is 1. The van der Waals surface area contributed by atoms with Crippen LogP contribution in [-0.2, 0) is 4.74 Å². The molecule has 5 heteroatoms. The second-order valence-electron chi connectivity index (χ2n) is 6.32. The molecule has 1 aromatic heterocycles. The van der Waals surface area contributed by atoms with Crippen LogP contribution in [0.2, 0.25) is 0 Å². The second kappa shape index (κ2) is 6.06. The maximum Gasteiger partial charge on any atom is 0.132 e. The quantitative estimate of drug-likeness (QED) is 0.809. The van der Waals surface area contributed by atoms with Crippen molar-refractivity contribution in [1.82, 2.24) is 10.3 Å². The molecule has 0 saturated carbocycles. The van der Waals surface area contributed by atoms with Gasteiger partial charge in [0.15, 0.2) is 0 Å². The number of aromatic amines is 1. The minimum Gasteiger partial charge on any atom is -0.496 e. The van der Waals surface area contributed by atoms with Crippen LogP contribution >= 0.6 is 0 Å². The van der Waals surface area contributed by atoms with Crippen molar-refractivity contribution in [1.29, 1.82) is 5.26 Å². The SMILES string of the molecule is COC1=CCC(c2cc(NC3CNC3)c3[nH]ccc3c2)C=C1C#N. The molecule has 2 aliphatic rings. The number of fused-ring (bicyclic) bond motifs is 1. The molecule has 1 atom stereocenters. The summed E-state index contributed by atoms with van der Waals surface area (Å²) < 4.78 is 5.28. The molecule has 2 aromatic rings. The molecule has 0 amide bonds. The summed E-state index contributed by atoms with van der Waals surface area (Å²) in [5, 5.41) is 17.4. The molecule has 122 valence electrons. The number of rotatable bonds is 4. The number of hydrogen-bond donors (Lipinski definition) is 3. The number of nitrogens with one attached hydrogen (secondary N) is 3. The number of nitrogens with zero attached hydrogens (tertiary/aromatic N) is 1. The summed E-state index contributed by atoms with van der Waals surface area (Å²) in [7, 11) is 1.61. The predicted molar refractivity (Wildman–Crippen MR) is 94.7 cm³/mol. The zero-order chi connectivity index (χ0) is 16.5. The van der Waals surface area contributed by atoms with Gasteiger partial charge in [-0.1, -0.05) is 6.08 Å². The van der Waals surface area contributed by atoms with Crippen LogP contribution in [0.25, 0.3) is 10.9 Å². The van der Waals surface area contributed by atoms with Crippen LogP contribution in [0.4, 0.5) is 5.69 Å². The van der Waals surface area contributed by atoms with Crippen LogP contribution in [0.3, 0.4) is 0 Å². The zero-order valence-electron chi connectivity index (χ0n) is 13.6. The van der Waals surface area contributed by atoms with E-state index >= 15 is 0 Å². The maximum atomic E-state index is 9.35. The smallest absolute Gasteiger partial charge is 0.132 e. The van der Waals surface area contributed by atoms with Crippen LogP contribution < -0.4 is 10.6 Å². The van der Waals surface area contributed by atoms with E-state index in [4.69, 9.17) is 4.74 Å². The van der Waals surface area contributed by atoms with E-state index < -0.39 is 0 Å². The Morgan fingerprint density at radius 1 is 1.33 bits per heavy atom. The second-order valence-corrected chi connectivity index (χ2v) is 6.32. The monoisotopic (exact) mass is 320 g/mol. The summed E-state index contributed by atoms with van der Waals surface area (Å²) in [6, 6.07) is 9.22. The van der Waals surface area contributed by atoms with Gasteiger partial charge in [-0.05, 0) is 36.3 Å². The van der Waals surface area contributed by atoms with Crippen LogP contribution in [0, 0.1) is 11.3 Å². The minimum absolute atomic E-state index is 0.193. The number of hydrogen-bond acceptors (Lipinski definition) is 4. The average molecular weight is 320 g/mol. The lowest BCUT2D eigenvalue weighted by molar-refractivity contribution is 0.299. The van der Waals surface area contributed by atoms with Crippen molar-refractivity contribution < 1.29 is 4.74 Å². The molecule has 1 aromatic carbocycles. The highest BCUT2D eigenvalue weighted by Gasteiger charge is 2.21. The van der Waals surface area contributed by atoms with Crippen LogP contribution in [0.1, 0.15) is 17.9 Å². The van der Waals surface area contributed by atoms with E-state index in [9.17, 15) is 5.26 Å². The van der Waals surface area contributed by atoms with E-state index in [0.717, 1.165) is 30.7 Å². The van der Waals surface area contributed by atoms with Crippen molar-refractivity contribution >= 4 is 16.6 Å². The summed E-state index contributed by atoms with van der Waals surface area (Å²) in [6.45, 7) is 1.99. The molecular weight excluding hydrogens is 300 g/mol. The third kappa shape index (κ3) is 2.55. The van der Waals surface area contributed by atoms with Crippen molar-refractivity contribution in [3.8, 4) is 6.07 Å². The lowest BCUT2D eigenvalue weighted by Gasteiger charge is -2.29. The summed E-state index contributed by atoms with van der Waals surface area (Å²) >= 11 is 0. The topological polar surface area (TPSA) is 72.9 Å². The molecule has 0 radical (unpaired) electrons. The largest absolute Gasteiger partial charge is 0.496 e. The zero-order valence-corrected chi connectivity index (χ0v) is 13.6. The van der Waals surface area contributed by atoms with Crippen LogP contribution in [-0.4, -0.2) is 31.2 Å². The molecule has 1 fully saturated rings.